The number of nitrogens with one attached hydrogen (secondary N) is 3. The smallest absolute Gasteiger partial charge is 0.409 e. The summed E-state index contributed by atoms with van der Waals surface area (Å²) in [6.45, 7) is 3.71. The Balaban J connectivity index is 1.39. The fourth-order valence-electron chi connectivity index (χ4n) is 5.41. The van der Waals surface area contributed by atoms with Crippen molar-refractivity contribution in [1.29, 1.82) is 0 Å². The normalized spacial score (nSPS) is 13.8. The summed E-state index contributed by atoms with van der Waals surface area (Å²) in [6, 6.07) is 17.4. The van der Waals surface area contributed by atoms with Gasteiger partial charge in [0.05, 0.1) is 16.9 Å². The lowest BCUT2D eigenvalue weighted by molar-refractivity contribution is -0.117. The first-order valence-electron chi connectivity index (χ1n) is 16.9. The number of methoxy groups -OCH3 is 1. The van der Waals surface area contributed by atoms with Crippen LogP contribution in [0.1, 0.15) is 56.6 Å². The van der Waals surface area contributed by atoms with Crippen molar-refractivity contribution in [2.24, 2.45) is 10.1 Å². The Morgan fingerprint density at radius 2 is 1.40 bits per heavy atom. The quantitative estimate of drug-likeness (QED) is 0.104. The summed E-state index contributed by atoms with van der Waals surface area (Å²) in [6.07, 6.45) is 4.90. The third-order valence-electron chi connectivity index (χ3n) is 8.26. The zero-order valence-corrected chi connectivity index (χ0v) is 30.8. The highest BCUT2D eigenvalue weighted by atomic mass is 32.2. The molecular formula is C35H45N7O8S2. The largest absolute Gasteiger partial charge is 0.453 e. The van der Waals surface area contributed by atoms with Gasteiger partial charge in [-0.2, -0.15) is 4.99 Å². The van der Waals surface area contributed by atoms with Crippen LogP contribution in [0.5, 0.6) is 0 Å². The average molecular weight is 756 g/mol. The maximum absolute atomic E-state index is 13.0. The first-order chi connectivity index (χ1) is 24.8. The van der Waals surface area contributed by atoms with Gasteiger partial charge >= 0.3 is 12.1 Å². The van der Waals surface area contributed by atoms with Crippen LogP contribution in [0.2, 0.25) is 0 Å². The molecule has 4 amide bonds. The number of ether oxygens (including phenoxy) is 1. The predicted molar refractivity (Wildman–Crippen MR) is 198 cm³/mol. The fourth-order valence-corrected chi connectivity index (χ4v) is 6.94. The van der Waals surface area contributed by atoms with E-state index in [0.717, 1.165) is 32.1 Å². The van der Waals surface area contributed by atoms with Gasteiger partial charge in [-0.15, -0.1) is 0 Å². The number of amides is 4. The number of carbonyl (C=O) groups is 3. The molecule has 0 saturated carbocycles. The number of amidine groups is 1. The molecular weight excluding hydrogens is 711 g/mol. The van der Waals surface area contributed by atoms with E-state index in [-0.39, 0.29) is 22.2 Å². The highest BCUT2D eigenvalue weighted by molar-refractivity contribution is 7.89. The van der Waals surface area contributed by atoms with E-state index in [0.29, 0.717) is 60.9 Å². The monoisotopic (exact) mass is 755 g/mol. The molecule has 1 saturated heterocycles. The molecule has 0 spiro atoms. The van der Waals surface area contributed by atoms with Gasteiger partial charge in [-0.1, -0.05) is 56.9 Å². The summed E-state index contributed by atoms with van der Waals surface area (Å²) < 4.78 is 55.9. The Hall–Kier alpha value is -4.84. The molecule has 52 heavy (non-hydrogen) atoms. The number of nitrogens with zero attached hydrogens (tertiary/aromatic N) is 3. The average Bonchev–Trinajstić information content (AvgIpc) is 3.13. The SMILES string of the molecule is CCCCCCCC(=O)N=C(c1cccc(NC(=O)Nc2ccc(S(=O)(=O)NCc3ccc(S(N)(=O)=O)cc3)cc2)c1)N1CCN(C(=O)OC)CC1. The topological polar surface area (TPSA) is 210 Å². The number of nitrogens with two attached hydrogens (primary N) is 1. The lowest BCUT2D eigenvalue weighted by atomic mass is 10.1. The number of benzene rings is 3. The lowest BCUT2D eigenvalue weighted by Gasteiger charge is -2.35. The van der Waals surface area contributed by atoms with Crippen LogP contribution >= 0.6 is 0 Å². The van der Waals surface area contributed by atoms with Gasteiger partial charge in [0.15, 0.2) is 0 Å². The molecule has 5 N–H and O–H groups in total. The molecule has 0 unspecified atom stereocenters. The third-order valence-corrected chi connectivity index (χ3v) is 10.6. The van der Waals surface area contributed by atoms with Gasteiger partial charge in [0, 0.05) is 56.1 Å². The Bertz CT molecular complexity index is 1950. The molecule has 15 nitrogen and oxygen atoms in total. The number of sulfonamides is 2. The number of aliphatic imine (C=N–C) groups is 1. The first kappa shape index (κ1) is 39.9. The third kappa shape index (κ3) is 11.9. The minimum Gasteiger partial charge on any atom is -0.453 e. The Labute approximate surface area is 304 Å². The van der Waals surface area contributed by atoms with E-state index in [1.807, 2.05) is 4.90 Å². The zero-order chi connectivity index (χ0) is 37.7. The van der Waals surface area contributed by atoms with E-state index in [1.54, 1.807) is 29.2 Å². The van der Waals surface area contributed by atoms with Crippen molar-refractivity contribution in [3.8, 4) is 0 Å². The van der Waals surface area contributed by atoms with E-state index in [4.69, 9.17) is 9.88 Å². The molecule has 0 aliphatic carbocycles. The van der Waals surface area contributed by atoms with Crippen molar-refractivity contribution in [3.63, 3.8) is 0 Å². The van der Waals surface area contributed by atoms with Gasteiger partial charge in [0.25, 0.3) is 0 Å². The molecule has 4 rings (SSSR count). The van der Waals surface area contributed by atoms with Crippen molar-refractivity contribution in [2.45, 2.75) is 61.8 Å². The minimum absolute atomic E-state index is 0.0398. The van der Waals surface area contributed by atoms with Crippen LogP contribution in [0, 0.1) is 0 Å². The molecule has 1 fully saturated rings. The number of hydrogen-bond donors (Lipinski definition) is 4. The minimum atomic E-state index is -3.93. The van der Waals surface area contributed by atoms with Gasteiger partial charge in [0.2, 0.25) is 26.0 Å². The number of hydrogen-bond acceptors (Lipinski definition) is 8. The molecule has 3 aromatic carbocycles. The molecule has 17 heteroatoms. The van der Waals surface area contributed by atoms with Crippen molar-refractivity contribution in [1.82, 2.24) is 14.5 Å². The number of primary sulfonamides is 1. The first-order valence-corrected chi connectivity index (χ1v) is 19.9. The Morgan fingerprint density at radius 3 is 2.04 bits per heavy atom. The van der Waals surface area contributed by atoms with Crippen LogP contribution in [0.15, 0.2) is 87.6 Å². The van der Waals surface area contributed by atoms with Gasteiger partial charge in [-0.3, -0.25) is 4.79 Å². The number of anilines is 2. The van der Waals surface area contributed by atoms with E-state index >= 15 is 0 Å². The molecule has 0 radical (unpaired) electrons. The van der Waals surface area contributed by atoms with Crippen molar-refractivity contribution < 1.29 is 36.0 Å². The zero-order valence-electron chi connectivity index (χ0n) is 29.2. The van der Waals surface area contributed by atoms with E-state index in [9.17, 15) is 31.2 Å². The summed E-state index contributed by atoms with van der Waals surface area (Å²) in [5.74, 6) is 0.218. The highest BCUT2D eigenvalue weighted by Gasteiger charge is 2.25. The summed E-state index contributed by atoms with van der Waals surface area (Å²) in [5.41, 5.74) is 1.91. The maximum atomic E-state index is 13.0. The van der Waals surface area contributed by atoms with Gasteiger partial charge in [0.1, 0.15) is 5.84 Å². The summed E-state index contributed by atoms with van der Waals surface area (Å²) in [4.78, 5) is 45.9. The van der Waals surface area contributed by atoms with Crippen LogP contribution < -0.4 is 20.5 Å². The summed E-state index contributed by atoms with van der Waals surface area (Å²) in [7, 11) is -6.46. The van der Waals surface area contributed by atoms with Crippen LogP contribution in [0.25, 0.3) is 0 Å². The molecule has 1 aliphatic heterocycles. The predicted octanol–water partition coefficient (Wildman–Crippen LogP) is 4.47. The molecule has 0 bridgehead atoms. The van der Waals surface area contributed by atoms with Crippen molar-refractivity contribution in [3.05, 3.63) is 83.9 Å². The van der Waals surface area contributed by atoms with Crippen LogP contribution in [-0.4, -0.2) is 83.8 Å². The number of urea groups is 1. The van der Waals surface area contributed by atoms with Crippen molar-refractivity contribution in [2.75, 3.05) is 43.9 Å². The number of carbonyl (C=O) groups excluding carboxylic acids is 3. The molecule has 1 heterocycles. The maximum Gasteiger partial charge on any atom is 0.409 e. The van der Waals surface area contributed by atoms with Crippen molar-refractivity contribution >= 4 is 55.3 Å². The van der Waals surface area contributed by atoms with Crippen LogP contribution in [0.3, 0.4) is 0 Å². The number of rotatable bonds is 14. The van der Waals surface area contributed by atoms with E-state index < -0.39 is 32.2 Å². The fraction of sp³-hybridized carbons (Fsp3) is 0.371. The number of unbranched alkanes of at least 4 members (excludes halogenated alkanes) is 4. The molecule has 0 atom stereocenters. The Kier molecular flexibility index (Phi) is 14.3. The van der Waals surface area contributed by atoms with Crippen LogP contribution in [-0.2, 0) is 36.1 Å². The molecule has 280 valence electrons. The highest BCUT2D eigenvalue weighted by Crippen LogP contribution is 2.19. The Morgan fingerprint density at radius 1 is 0.788 bits per heavy atom. The van der Waals surface area contributed by atoms with E-state index in [2.05, 4.69) is 27.3 Å². The second-order valence-corrected chi connectivity index (χ2v) is 15.5. The molecule has 1 aliphatic rings. The second kappa shape index (κ2) is 18.6. The summed E-state index contributed by atoms with van der Waals surface area (Å²) >= 11 is 0. The van der Waals surface area contributed by atoms with Gasteiger partial charge in [-0.05, 0) is 60.5 Å². The van der Waals surface area contributed by atoms with Crippen LogP contribution in [0.4, 0.5) is 21.0 Å². The number of piperazine rings is 1. The molecule has 0 aromatic heterocycles. The van der Waals surface area contributed by atoms with E-state index in [1.165, 1.54) is 55.6 Å². The lowest BCUT2D eigenvalue weighted by Crippen LogP contribution is -2.51. The summed E-state index contributed by atoms with van der Waals surface area (Å²) in [5, 5.41) is 10.5. The molecule has 3 aromatic rings. The standard InChI is InChI=1S/C35H45N7O8S2/c1-3-4-5-6-7-11-32(43)40-33(41-20-22-42(23-21-41)35(45)50-2)27-9-8-10-29(24-27)39-34(44)38-28-14-18-31(19-15-28)52(48,49)37-25-26-12-16-30(17-13-26)51(36,46)47/h8-10,12-19,24,37H,3-7,11,20-23,25H2,1-2H3,(H2,36,46,47)(H2,38,39,44). The van der Waals surface area contributed by atoms with Gasteiger partial charge < -0.3 is 25.2 Å². The van der Waals surface area contributed by atoms with Gasteiger partial charge in [-0.25, -0.2) is 36.3 Å². The second-order valence-electron chi connectivity index (χ2n) is 12.1.